The summed E-state index contributed by atoms with van der Waals surface area (Å²) in [5, 5.41) is 8.98. The summed E-state index contributed by atoms with van der Waals surface area (Å²) in [5.41, 5.74) is 3.93. The van der Waals surface area contributed by atoms with Gasteiger partial charge in [-0.15, -0.1) is 10.2 Å². The van der Waals surface area contributed by atoms with Gasteiger partial charge in [-0.3, -0.25) is 0 Å². The lowest BCUT2D eigenvalue weighted by Crippen LogP contribution is -2.11. The van der Waals surface area contributed by atoms with Gasteiger partial charge in [0.1, 0.15) is 11.4 Å². The van der Waals surface area contributed by atoms with Gasteiger partial charge in [-0.2, -0.15) is 0 Å². The predicted octanol–water partition coefficient (Wildman–Crippen LogP) is 2.81. The number of aryl methyl sites for hydroxylation is 2. The van der Waals surface area contributed by atoms with Gasteiger partial charge >= 0.3 is 0 Å². The molecular formula is C16H16N6OS. The van der Waals surface area contributed by atoms with Crippen molar-refractivity contribution in [3.8, 4) is 11.4 Å². The Bertz CT molecular complexity index is 1010. The molecule has 4 heterocycles. The fraction of sp³-hybridized carbons (Fsp3) is 0.188. The van der Waals surface area contributed by atoms with Gasteiger partial charge in [0.25, 0.3) is 0 Å². The van der Waals surface area contributed by atoms with E-state index in [1.807, 2.05) is 35.9 Å². The van der Waals surface area contributed by atoms with Crippen LogP contribution in [-0.4, -0.2) is 24.3 Å². The number of imidazole rings is 1. The first-order valence-corrected chi connectivity index (χ1v) is 8.43. The van der Waals surface area contributed by atoms with E-state index in [1.165, 1.54) is 16.4 Å². The van der Waals surface area contributed by atoms with E-state index in [-0.39, 0.29) is 0 Å². The molecule has 4 rings (SSSR count). The zero-order valence-corrected chi connectivity index (χ0v) is 14.1. The molecule has 0 saturated heterocycles. The van der Waals surface area contributed by atoms with Crippen LogP contribution < -0.4 is 5.84 Å². The van der Waals surface area contributed by atoms with Crippen molar-refractivity contribution in [1.29, 1.82) is 0 Å². The smallest absolute Gasteiger partial charge is 0.210 e. The molecule has 0 fully saturated rings. The number of nitrogen functional groups attached to an aromatic ring is 1. The molecule has 0 amide bonds. The Morgan fingerprint density at radius 2 is 2.12 bits per heavy atom. The first-order valence-electron chi connectivity index (χ1n) is 7.44. The Hall–Kier alpha value is -2.74. The van der Waals surface area contributed by atoms with Crippen LogP contribution in [0, 0.1) is 13.8 Å². The third kappa shape index (κ3) is 2.44. The van der Waals surface area contributed by atoms with E-state index in [0.29, 0.717) is 16.7 Å². The summed E-state index contributed by atoms with van der Waals surface area (Å²) >= 11 is 1.50. The molecule has 24 heavy (non-hydrogen) atoms. The second kappa shape index (κ2) is 5.72. The van der Waals surface area contributed by atoms with Crippen LogP contribution in [0.5, 0.6) is 0 Å². The summed E-state index contributed by atoms with van der Waals surface area (Å²) in [6.45, 7) is 3.92. The first-order chi connectivity index (χ1) is 11.6. The molecule has 0 aliphatic heterocycles. The Morgan fingerprint density at radius 3 is 2.88 bits per heavy atom. The second-order valence-electron chi connectivity index (χ2n) is 5.51. The predicted molar refractivity (Wildman–Crippen MR) is 92.1 cm³/mol. The van der Waals surface area contributed by atoms with Crippen molar-refractivity contribution >= 4 is 17.4 Å². The molecule has 8 heteroatoms. The van der Waals surface area contributed by atoms with E-state index in [0.717, 1.165) is 28.2 Å². The fourth-order valence-corrected chi connectivity index (χ4v) is 3.33. The zero-order valence-electron chi connectivity index (χ0n) is 13.3. The van der Waals surface area contributed by atoms with Crippen molar-refractivity contribution in [3.63, 3.8) is 0 Å². The average Bonchev–Trinajstić information content (AvgIpc) is 3.25. The van der Waals surface area contributed by atoms with Gasteiger partial charge in [0.05, 0.1) is 17.5 Å². The molecule has 0 unspecified atom stereocenters. The summed E-state index contributed by atoms with van der Waals surface area (Å²) in [4.78, 5) is 4.66. The number of thioether (sulfide) groups is 1. The Kier molecular flexibility index (Phi) is 3.53. The van der Waals surface area contributed by atoms with Crippen LogP contribution in [0.15, 0.2) is 46.4 Å². The lowest BCUT2D eigenvalue weighted by atomic mass is 10.2. The lowest BCUT2D eigenvalue weighted by molar-refractivity contribution is 0.535. The van der Waals surface area contributed by atoms with Crippen molar-refractivity contribution in [2.24, 2.45) is 0 Å². The van der Waals surface area contributed by atoms with Crippen LogP contribution >= 0.6 is 11.8 Å². The van der Waals surface area contributed by atoms with Crippen LogP contribution in [-0.2, 0) is 5.75 Å². The number of aromatic nitrogens is 5. The van der Waals surface area contributed by atoms with E-state index in [4.69, 9.17) is 10.3 Å². The Balaban J connectivity index is 1.56. The van der Waals surface area contributed by atoms with Gasteiger partial charge in [-0.05, 0) is 31.5 Å². The Labute approximate surface area is 142 Å². The largest absolute Gasteiger partial charge is 0.469 e. The highest BCUT2D eigenvalue weighted by atomic mass is 32.2. The highest BCUT2D eigenvalue weighted by molar-refractivity contribution is 7.98. The van der Waals surface area contributed by atoms with Gasteiger partial charge < -0.3 is 14.7 Å². The number of fused-ring (bicyclic) bond motifs is 1. The maximum atomic E-state index is 6.13. The monoisotopic (exact) mass is 340 g/mol. The van der Waals surface area contributed by atoms with Crippen LogP contribution in [0.25, 0.3) is 17.0 Å². The van der Waals surface area contributed by atoms with Gasteiger partial charge in [0.15, 0.2) is 5.82 Å². The van der Waals surface area contributed by atoms with E-state index < -0.39 is 0 Å². The minimum Gasteiger partial charge on any atom is -0.469 e. The molecule has 4 aromatic heterocycles. The summed E-state index contributed by atoms with van der Waals surface area (Å²) < 4.78 is 8.82. The highest BCUT2D eigenvalue weighted by Crippen LogP contribution is 2.26. The molecule has 4 aromatic rings. The van der Waals surface area contributed by atoms with E-state index >= 15 is 0 Å². The van der Waals surface area contributed by atoms with Crippen molar-refractivity contribution in [2.75, 3.05) is 5.84 Å². The molecule has 7 nitrogen and oxygen atoms in total. The number of nitrogens with two attached hydrogens (primary N) is 1. The second-order valence-corrected chi connectivity index (χ2v) is 6.45. The van der Waals surface area contributed by atoms with Crippen LogP contribution in [0.2, 0.25) is 0 Å². The molecular weight excluding hydrogens is 324 g/mol. The molecule has 0 bridgehead atoms. The number of nitrogens with zero attached hydrogens (tertiary/aromatic N) is 5. The number of hydrogen-bond acceptors (Lipinski definition) is 6. The minimum atomic E-state index is 0.592. The molecule has 122 valence electrons. The average molecular weight is 340 g/mol. The molecule has 0 aliphatic carbocycles. The molecule has 0 radical (unpaired) electrons. The molecule has 0 saturated carbocycles. The summed E-state index contributed by atoms with van der Waals surface area (Å²) in [6.07, 6.45) is 5.63. The normalized spacial score (nSPS) is 11.4. The maximum absolute atomic E-state index is 6.13. The Morgan fingerprint density at radius 1 is 1.25 bits per heavy atom. The third-order valence-corrected chi connectivity index (χ3v) is 4.82. The minimum absolute atomic E-state index is 0.592. The number of rotatable bonds is 4. The topological polar surface area (TPSA) is 87.2 Å². The molecule has 0 aromatic carbocycles. The third-order valence-electron chi connectivity index (χ3n) is 3.84. The van der Waals surface area contributed by atoms with E-state index in [1.54, 1.807) is 6.26 Å². The zero-order chi connectivity index (χ0) is 16.7. The summed E-state index contributed by atoms with van der Waals surface area (Å²) in [5.74, 6) is 8.16. The van der Waals surface area contributed by atoms with Crippen molar-refractivity contribution < 1.29 is 4.42 Å². The molecule has 0 spiro atoms. The molecule has 2 N–H and O–H groups in total. The van der Waals surface area contributed by atoms with Gasteiger partial charge in [0.2, 0.25) is 5.16 Å². The van der Waals surface area contributed by atoms with Crippen molar-refractivity contribution in [3.05, 3.63) is 53.9 Å². The van der Waals surface area contributed by atoms with Crippen molar-refractivity contribution in [1.82, 2.24) is 24.3 Å². The lowest BCUT2D eigenvalue weighted by Gasteiger charge is -2.01. The first kappa shape index (κ1) is 14.8. The number of hydrogen-bond donors (Lipinski definition) is 1. The quantitative estimate of drug-likeness (QED) is 0.454. The van der Waals surface area contributed by atoms with E-state index in [9.17, 15) is 0 Å². The van der Waals surface area contributed by atoms with Gasteiger partial charge in [-0.1, -0.05) is 17.8 Å². The van der Waals surface area contributed by atoms with Crippen molar-refractivity contribution in [2.45, 2.75) is 24.8 Å². The van der Waals surface area contributed by atoms with E-state index in [2.05, 4.69) is 28.2 Å². The standard InChI is InChI=1S/C16H16N6OS/c1-10-4-3-6-21-8-12(18-14(10)21)9-24-16-20-19-15(22(16)17)13-5-7-23-11(13)2/h3-8H,9,17H2,1-2H3. The van der Waals surface area contributed by atoms with Gasteiger partial charge in [0, 0.05) is 18.1 Å². The fourth-order valence-electron chi connectivity index (χ4n) is 2.59. The highest BCUT2D eigenvalue weighted by Gasteiger charge is 2.16. The SMILES string of the molecule is Cc1occc1-c1nnc(SCc2cn3cccc(C)c3n2)n1N. The van der Waals surface area contributed by atoms with Crippen LogP contribution in [0.4, 0.5) is 0 Å². The number of furan rings is 1. The molecule has 0 atom stereocenters. The number of pyridine rings is 1. The summed E-state index contributed by atoms with van der Waals surface area (Å²) in [7, 11) is 0. The van der Waals surface area contributed by atoms with Gasteiger partial charge in [-0.25, -0.2) is 9.66 Å². The molecule has 0 aliphatic rings. The van der Waals surface area contributed by atoms with Crippen LogP contribution in [0.3, 0.4) is 0 Å². The summed E-state index contributed by atoms with van der Waals surface area (Å²) in [6, 6.07) is 5.90. The van der Waals surface area contributed by atoms with Crippen LogP contribution in [0.1, 0.15) is 17.0 Å². The maximum Gasteiger partial charge on any atom is 0.210 e.